The van der Waals surface area contributed by atoms with Crippen molar-refractivity contribution < 1.29 is 0 Å². The number of piperidine rings is 1. The molecule has 2 aromatic rings. The molecule has 114 valence electrons. The van der Waals surface area contributed by atoms with Crippen LogP contribution in [0.25, 0.3) is 0 Å². The summed E-state index contributed by atoms with van der Waals surface area (Å²) >= 11 is 1.53. The van der Waals surface area contributed by atoms with Crippen LogP contribution in [0, 0.1) is 0 Å². The van der Waals surface area contributed by atoms with Crippen molar-refractivity contribution in [2.45, 2.75) is 44.9 Å². The van der Waals surface area contributed by atoms with Crippen LogP contribution >= 0.6 is 11.5 Å². The fourth-order valence-corrected chi connectivity index (χ4v) is 3.71. The van der Waals surface area contributed by atoms with Gasteiger partial charge >= 0.3 is 0 Å². The van der Waals surface area contributed by atoms with Gasteiger partial charge in [0.25, 0.3) is 0 Å². The van der Waals surface area contributed by atoms with Gasteiger partial charge in [-0.15, -0.1) is 0 Å². The summed E-state index contributed by atoms with van der Waals surface area (Å²) in [5.41, 5.74) is 1.38. The Balaban J connectivity index is 1.66. The molecule has 0 atom stereocenters. The molecule has 0 bridgehead atoms. The molecule has 5 nitrogen and oxygen atoms in total. The van der Waals surface area contributed by atoms with Gasteiger partial charge in [-0.3, -0.25) is 4.68 Å². The van der Waals surface area contributed by atoms with Crippen molar-refractivity contribution in [1.29, 1.82) is 0 Å². The summed E-state index contributed by atoms with van der Waals surface area (Å²) in [4.78, 5) is 7.10. The minimum absolute atomic E-state index is 0.0295. The van der Waals surface area contributed by atoms with Crippen LogP contribution in [0.15, 0.2) is 12.3 Å². The Morgan fingerprint density at radius 3 is 2.48 bits per heavy atom. The van der Waals surface area contributed by atoms with Crippen LogP contribution in [-0.2, 0) is 12.5 Å². The van der Waals surface area contributed by atoms with Gasteiger partial charge < -0.3 is 4.90 Å². The molecule has 0 amide bonds. The van der Waals surface area contributed by atoms with Crippen LogP contribution in [0.5, 0.6) is 0 Å². The fourth-order valence-electron chi connectivity index (χ4n) is 2.80. The van der Waals surface area contributed by atoms with Crippen LogP contribution in [0.2, 0.25) is 0 Å². The molecule has 0 aliphatic carbocycles. The summed E-state index contributed by atoms with van der Waals surface area (Å²) in [7, 11) is 2.03. The lowest BCUT2D eigenvalue weighted by Crippen LogP contribution is -2.33. The summed E-state index contributed by atoms with van der Waals surface area (Å²) < 4.78 is 6.52. The molecular weight excluding hydrogens is 282 g/mol. The van der Waals surface area contributed by atoms with E-state index >= 15 is 0 Å². The van der Waals surface area contributed by atoms with Crippen LogP contribution in [-0.4, -0.2) is 32.2 Å². The normalized spacial score (nSPS) is 17.4. The molecule has 1 aliphatic rings. The van der Waals surface area contributed by atoms with Gasteiger partial charge in [-0.2, -0.15) is 9.47 Å². The monoisotopic (exact) mass is 305 g/mol. The van der Waals surface area contributed by atoms with Gasteiger partial charge in [0.1, 0.15) is 5.82 Å². The topological polar surface area (TPSA) is 46.8 Å². The zero-order chi connectivity index (χ0) is 15.0. The molecule has 1 fully saturated rings. The third kappa shape index (κ3) is 2.95. The van der Waals surface area contributed by atoms with Gasteiger partial charge in [0, 0.05) is 54.9 Å². The zero-order valence-electron chi connectivity index (χ0n) is 13.2. The summed E-state index contributed by atoms with van der Waals surface area (Å²) in [6.07, 6.45) is 4.20. The molecule has 3 heterocycles. The van der Waals surface area contributed by atoms with E-state index in [9.17, 15) is 0 Å². The van der Waals surface area contributed by atoms with Crippen LogP contribution in [0.4, 0.5) is 5.13 Å². The quantitative estimate of drug-likeness (QED) is 0.856. The lowest BCUT2D eigenvalue weighted by molar-refractivity contribution is 0.476. The Bertz CT molecular complexity index is 602. The molecule has 0 spiro atoms. The molecule has 1 saturated heterocycles. The Morgan fingerprint density at radius 2 is 1.95 bits per heavy atom. The second-order valence-corrected chi connectivity index (χ2v) is 7.52. The van der Waals surface area contributed by atoms with E-state index in [4.69, 9.17) is 4.98 Å². The van der Waals surface area contributed by atoms with E-state index in [1.807, 2.05) is 17.9 Å². The fraction of sp³-hybridized carbons (Fsp3) is 0.667. The minimum Gasteiger partial charge on any atom is -0.347 e. The van der Waals surface area contributed by atoms with Crippen molar-refractivity contribution in [2.75, 3.05) is 18.0 Å². The maximum Gasteiger partial charge on any atom is 0.205 e. The van der Waals surface area contributed by atoms with E-state index in [0.29, 0.717) is 5.92 Å². The van der Waals surface area contributed by atoms with Gasteiger partial charge in [-0.1, -0.05) is 20.8 Å². The molecule has 1 aliphatic heterocycles. The number of anilines is 1. The first-order chi connectivity index (χ1) is 9.95. The lowest BCUT2D eigenvalue weighted by Gasteiger charge is -2.31. The van der Waals surface area contributed by atoms with E-state index in [1.54, 1.807) is 0 Å². The van der Waals surface area contributed by atoms with Gasteiger partial charge in [-0.25, -0.2) is 4.98 Å². The first kappa shape index (κ1) is 14.5. The maximum atomic E-state index is 4.73. The Morgan fingerprint density at radius 1 is 1.24 bits per heavy atom. The lowest BCUT2D eigenvalue weighted by atomic mass is 9.94. The molecular formula is C15H23N5S. The van der Waals surface area contributed by atoms with Crippen molar-refractivity contribution >= 4 is 16.7 Å². The maximum absolute atomic E-state index is 4.73. The zero-order valence-corrected chi connectivity index (χ0v) is 14.0. The van der Waals surface area contributed by atoms with Crippen molar-refractivity contribution in [3.8, 4) is 0 Å². The van der Waals surface area contributed by atoms with E-state index in [-0.39, 0.29) is 5.41 Å². The highest BCUT2D eigenvalue weighted by atomic mass is 32.1. The largest absolute Gasteiger partial charge is 0.347 e. The molecule has 3 rings (SSSR count). The third-order valence-electron chi connectivity index (χ3n) is 4.13. The first-order valence-electron chi connectivity index (χ1n) is 7.52. The average Bonchev–Trinajstić information content (AvgIpc) is 3.07. The van der Waals surface area contributed by atoms with E-state index < -0.39 is 0 Å². The minimum atomic E-state index is 0.0295. The predicted octanol–water partition coefficient (Wildman–Crippen LogP) is 2.95. The number of hydrogen-bond acceptors (Lipinski definition) is 5. The molecule has 0 saturated carbocycles. The number of aryl methyl sites for hydroxylation is 1. The van der Waals surface area contributed by atoms with Crippen molar-refractivity contribution in [3.63, 3.8) is 0 Å². The molecule has 6 heteroatoms. The highest BCUT2D eigenvalue weighted by Gasteiger charge is 2.26. The average molecular weight is 305 g/mol. The smallest absolute Gasteiger partial charge is 0.205 e. The summed E-state index contributed by atoms with van der Waals surface area (Å²) in [5.74, 6) is 1.57. The van der Waals surface area contributed by atoms with E-state index in [0.717, 1.165) is 36.9 Å². The van der Waals surface area contributed by atoms with Crippen molar-refractivity contribution in [3.05, 3.63) is 23.8 Å². The summed E-state index contributed by atoms with van der Waals surface area (Å²) in [6, 6.07) is 2.14. The number of hydrogen-bond donors (Lipinski definition) is 0. The highest BCUT2D eigenvalue weighted by molar-refractivity contribution is 7.09. The van der Waals surface area contributed by atoms with Crippen LogP contribution in [0.3, 0.4) is 0 Å². The van der Waals surface area contributed by atoms with Crippen molar-refractivity contribution in [2.24, 2.45) is 7.05 Å². The van der Waals surface area contributed by atoms with E-state index in [1.165, 1.54) is 17.2 Å². The summed E-state index contributed by atoms with van der Waals surface area (Å²) in [5, 5.41) is 5.35. The van der Waals surface area contributed by atoms with Gasteiger partial charge in [0.05, 0.1) is 0 Å². The van der Waals surface area contributed by atoms with Gasteiger partial charge in [0.2, 0.25) is 5.13 Å². The van der Waals surface area contributed by atoms with Crippen LogP contribution < -0.4 is 4.90 Å². The Hall–Kier alpha value is -1.43. The third-order valence-corrected chi connectivity index (χ3v) is 4.91. The first-order valence-corrected chi connectivity index (χ1v) is 8.29. The standard InChI is InChI=1S/C15H23N5S/c1-15(2,3)13-17-14(21-18-13)20-9-6-11(7-10-20)12-5-8-16-19(12)4/h5,8,11H,6-7,9-10H2,1-4H3. The second-order valence-electron chi connectivity index (χ2n) is 6.79. The predicted molar refractivity (Wildman–Crippen MR) is 86.0 cm³/mol. The number of aromatic nitrogens is 4. The van der Waals surface area contributed by atoms with Gasteiger partial charge in [0.15, 0.2) is 0 Å². The Labute approximate surface area is 130 Å². The number of rotatable bonds is 2. The molecule has 0 N–H and O–H groups in total. The molecule has 2 aromatic heterocycles. The second kappa shape index (κ2) is 5.40. The molecule has 0 radical (unpaired) electrons. The summed E-state index contributed by atoms with van der Waals surface area (Å²) in [6.45, 7) is 8.58. The van der Waals surface area contributed by atoms with E-state index in [2.05, 4.69) is 41.2 Å². The molecule has 0 aromatic carbocycles. The Kier molecular flexibility index (Phi) is 3.73. The molecule has 0 unspecified atom stereocenters. The number of nitrogens with zero attached hydrogens (tertiary/aromatic N) is 5. The van der Waals surface area contributed by atoms with Gasteiger partial charge in [-0.05, 0) is 18.9 Å². The highest BCUT2D eigenvalue weighted by Crippen LogP contribution is 2.32. The van der Waals surface area contributed by atoms with Crippen LogP contribution in [0.1, 0.15) is 51.0 Å². The van der Waals surface area contributed by atoms with Crippen molar-refractivity contribution in [1.82, 2.24) is 19.1 Å². The SMILES string of the molecule is Cn1nccc1C1CCN(c2nc(C(C)(C)C)ns2)CC1. The molecule has 21 heavy (non-hydrogen) atoms.